The van der Waals surface area contributed by atoms with Crippen LogP contribution in [0.3, 0.4) is 0 Å². The number of halogens is 2. The maximum absolute atomic E-state index is 12.4. The highest BCUT2D eigenvalue weighted by Gasteiger charge is 2.12. The van der Waals surface area contributed by atoms with Crippen molar-refractivity contribution in [2.24, 2.45) is 0 Å². The van der Waals surface area contributed by atoms with E-state index in [1.165, 1.54) is 30.6 Å². The minimum absolute atomic E-state index is 0.0537. The molecule has 6 nitrogen and oxygen atoms in total. The molecule has 0 aliphatic carbocycles. The molecule has 1 aromatic carbocycles. The lowest BCUT2D eigenvalue weighted by atomic mass is 10.2. The zero-order valence-electron chi connectivity index (χ0n) is 12.5. The summed E-state index contributed by atoms with van der Waals surface area (Å²) < 4.78 is 39.4. The van der Waals surface area contributed by atoms with Crippen LogP contribution < -0.4 is 14.8 Å². The predicted molar refractivity (Wildman–Crippen MR) is 84.6 cm³/mol. The van der Waals surface area contributed by atoms with Gasteiger partial charge in [0.1, 0.15) is 0 Å². The van der Waals surface area contributed by atoms with Crippen molar-refractivity contribution < 1.29 is 22.8 Å². The van der Waals surface area contributed by atoms with Crippen LogP contribution in [0.25, 0.3) is 11.4 Å². The van der Waals surface area contributed by atoms with Gasteiger partial charge >= 0.3 is 6.61 Å². The van der Waals surface area contributed by atoms with Gasteiger partial charge in [-0.3, -0.25) is 0 Å². The largest absolute Gasteiger partial charge is 0.493 e. The molecule has 0 atom stereocenters. The van der Waals surface area contributed by atoms with Crippen LogP contribution in [-0.4, -0.2) is 23.9 Å². The first-order valence-electron chi connectivity index (χ1n) is 6.87. The Morgan fingerprint density at radius 1 is 1.29 bits per heavy atom. The standard InChI is InChI=1S/C15H13F2N3O3S/c1-21-11-3-2-10(6-12(11)22-15(16)17)18-7-13-19-14(20-23-13)9-4-5-24-8-9/h2-6,8,15,18H,7H2,1H3. The van der Waals surface area contributed by atoms with Crippen molar-refractivity contribution in [2.75, 3.05) is 12.4 Å². The molecule has 0 saturated heterocycles. The Morgan fingerprint density at radius 3 is 2.88 bits per heavy atom. The fourth-order valence-electron chi connectivity index (χ4n) is 1.99. The molecule has 126 valence electrons. The van der Waals surface area contributed by atoms with E-state index < -0.39 is 6.61 Å². The van der Waals surface area contributed by atoms with Gasteiger partial charge in [-0.2, -0.15) is 25.1 Å². The van der Waals surface area contributed by atoms with E-state index in [0.29, 0.717) is 17.4 Å². The highest BCUT2D eigenvalue weighted by Crippen LogP contribution is 2.31. The van der Waals surface area contributed by atoms with E-state index in [0.717, 1.165) is 5.56 Å². The number of methoxy groups -OCH3 is 1. The molecule has 24 heavy (non-hydrogen) atoms. The summed E-state index contributed by atoms with van der Waals surface area (Å²) in [6.07, 6.45) is 0. The first-order chi connectivity index (χ1) is 11.7. The molecule has 0 saturated carbocycles. The zero-order valence-corrected chi connectivity index (χ0v) is 13.3. The molecule has 0 aliphatic rings. The second kappa shape index (κ2) is 7.26. The lowest BCUT2D eigenvalue weighted by molar-refractivity contribution is -0.0511. The highest BCUT2D eigenvalue weighted by molar-refractivity contribution is 7.08. The van der Waals surface area contributed by atoms with Gasteiger partial charge in [0, 0.05) is 22.7 Å². The van der Waals surface area contributed by atoms with Gasteiger partial charge in [0.15, 0.2) is 11.5 Å². The number of ether oxygens (including phenoxy) is 2. The molecule has 0 spiro atoms. The van der Waals surface area contributed by atoms with Crippen LogP contribution in [-0.2, 0) is 6.54 Å². The maximum Gasteiger partial charge on any atom is 0.387 e. The summed E-state index contributed by atoms with van der Waals surface area (Å²) in [5.74, 6) is 1.05. The van der Waals surface area contributed by atoms with Gasteiger partial charge in [-0.05, 0) is 23.6 Å². The monoisotopic (exact) mass is 353 g/mol. The predicted octanol–water partition coefficient (Wildman–Crippen LogP) is 4.02. The Bertz CT molecular complexity index is 793. The molecule has 1 N–H and O–H groups in total. The molecule has 0 amide bonds. The number of nitrogens with one attached hydrogen (secondary N) is 1. The van der Waals surface area contributed by atoms with Crippen LogP contribution in [0, 0.1) is 0 Å². The molecule has 0 aliphatic heterocycles. The van der Waals surface area contributed by atoms with Gasteiger partial charge < -0.3 is 19.3 Å². The number of thiophene rings is 1. The van der Waals surface area contributed by atoms with E-state index >= 15 is 0 Å². The average Bonchev–Trinajstić information content (AvgIpc) is 3.24. The maximum atomic E-state index is 12.4. The van der Waals surface area contributed by atoms with E-state index in [9.17, 15) is 8.78 Å². The first-order valence-corrected chi connectivity index (χ1v) is 7.82. The summed E-state index contributed by atoms with van der Waals surface area (Å²) in [6.45, 7) is -2.68. The van der Waals surface area contributed by atoms with Crippen LogP contribution >= 0.6 is 11.3 Å². The average molecular weight is 353 g/mol. The molecule has 0 bridgehead atoms. The molecular weight excluding hydrogens is 340 g/mol. The SMILES string of the molecule is COc1ccc(NCc2nc(-c3ccsc3)no2)cc1OC(F)F. The van der Waals surface area contributed by atoms with Crippen LogP contribution in [0.4, 0.5) is 14.5 Å². The van der Waals surface area contributed by atoms with Gasteiger partial charge in [0.25, 0.3) is 0 Å². The van der Waals surface area contributed by atoms with E-state index in [4.69, 9.17) is 9.26 Å². The van der Waals surface area contributed by atoms with Crippen LogP contribution in [0.15, 0.2) is 39.5 Å². The zero-order chi connectivity index (χ0) is 16.9. The van der Waals surface area contributed by atoms with Crippen molar-refractivity contribution in [3.05, 3.63) is 40.9 Å². The number of aromatic nitrogens is 2. The number of anilines is 1. The number of benzene rings is 1. The smallest absolute Gasteiger partial charge is 0.387 e. The summed E-state index contributed by atoms with van der Waals surface area (Å²) in [5, 5.41) is 10.7. The van der Waals surface area contributed by atoms with E-state index in [1.807, 2.05) is 16.8 Å². The molecule has 0 unspecified atom stereocenters. The van der Waals surface area contributed by atoms with Crippen molar-refractivity contribution in [1.29, 1.82) is 0 Å². The molecule has 3 rings (SSSR count). The summed E-state index contributed by atoms with van der Waals surface area (Å²) in [7, 11) is 1.38. The lowest BCUT2D eigenvalue weighted by Crippen LogP contribution is -2.05. The normalized spacial score (nSPS) is 10.8. The number of hydrogen-bond donors (Lipinski definition) is 1. The van der Waals surface area contributed by atoms with Gasteiger partial charge in [0.05, 0.1) is 13.7 Å². The highest BCUT2D eigenvalue weighted by atomic mass is 32.1. The van der Waals surface area contributed by atoms with Crippen molar-refractivity contribution in [2.45, 2.75) is 13.2 Å². The third-order valence-corrected chi connectivity index (χ3v) is 3.75. The van der Waals surface area contributed by atoms with Gasteiger partial charge in [-0.15, -0.1) is 0 Å². The fraction of sp³-hybridized carbons (Fsp3) is 0.200. The van der Waals surface area contributed by atoms with Gasteiger partial charge in [-0.25, -0.2) is 0 Å². The summed E-state index contributed by atoms with van der Waals surface area (Å²) in [4.78, 5) is 4.26. The summed E-state index contributed by atoms with van der Waals surface area (Å²) in [6, 6.07) is 6.52. The van der Waals surface area contributed by atoms with Gasteiger partial charge in [0.2, 0.25) is 11.7 Å². The van der Waals surface area contributed by atoms with Crippen molar-refractivity contribution in [3.8, 4) is 22.9 Å². The van der Waals surface area contributed by atoms with Crippen LogP contribution in [0.2, 0.25) is 0 Å². The number of nitrogens with zero attached hydrogens (tertiary/aromatic N) is 2. The van der Waals surface area contributed by atoms with Gasteiger partial charge in [-0.1, -0.05) is 5.16 Å². The Kier molecular flexibility index (Phi) is 4.90. The van der Waals surface area contributed by atoms with E-state index in [1.54, 1.807) is 6.07 Å². The second-order valence-electron chi connectivity index (χ2n) is 4.62. The van der Waals surface area contributed by atoms with E-state index in [2.05, 4.69) is 20.2 Å². The third-order valence-electron chi connectivity index (χ3n) is 3.07. The number of rotatable bonds is 7. The lowest BCUT2D eigenvalue weighted by Gasteiger charge is -2.12. The molecular formula is C15H13F2N3O3S. The fourth-order valence-corrected chi connectivity index (χ4v) is 2.62. The Labute approximate surface area is 140 Å². The summed E-state index contributed by atoms with van der Waals surface area (Å²) >= 11 is 1.54. The Morgan fingerprint density at radius 2 is 2.17 bits per heavy atom. The molecule has 3 aromatic rings. The molecule has 2 aromatic heterocycles. The minimum Gasteiger partial charge on any atom is -0.493 e. The quantitative estimate of drug-likeness (QED) is 0.692. The Balaban J connectivity index is 1.68. The van der Waals surface area contributed by atoms with E-state index in [-0.39, 0.29) is 18.0 Å². The van der Waals surface area contributed by atoms with Crippen molar-refractivity contribution >= 4 is 17.0 Å². The minimum atomic E-state index is -2.93. The number of hydrogen-bond acceptors (Lipinski definition) is 7. The second-order valence-corrected chi connectivity index (χ2v) is 5.40. The number of alkyl halides is 2. The van der Waals surface area contributed by atoms with Crippen LogP contribution in [0.1, 0.15) is 5.89 Å². The summed E-state index contributed by atoms with van der Waals surface area (Å²) in [5.41, 5.74) is 1.44. The molecule has 9 heteroatoms. The van der Waals surface area contributed by atoms with Crippen molar-refractivity contribution in [3.63, 3.8) is 0 Å². The van der Waals surface area contributed by atoms with Crippen molar-refractivity contribution in [1.82, 2.24) is 10.1 Å². The molecule has 2 heterocycles. The third kappa shape index (κ3) is 3.80. The van der Waals surface area contributed by atoms with Crippen LogP contribution in [0.5, 0.6) is 11.5 Å². The molecule has 0 fully saturated rings. The topological polar surface area (TPSA) is 69.4 Å². The molecule has 0 radical (unpaired) electrons. The Hall–Kier alpha value is -2.68. The first kappa shape index (κ1) is 16.2.